The zero-order valence-electron chi connectivity index (χ0n) is 11.8. The molecular formula is C17H22O2. The van der Waals surface area contributed by atoms with Gasteiger partial charge in [-0.2, -0.15) is 0 Å². The largest absolute Gasteiger partial charge is 0.461 e. The minimum atomic E-state index is -0.0356. The van der Waals surface area contributed by atoms with Gasteiger partial charge in [-0.15, -0.1) is 0 Å². The molecule has 2 atom stereocenters. The summed E-state index contributed by atoms with van der Waals surface area (Å²) < 4.78 is 5.45. The number of carbonyl (C=O) groups excluding carboxylic acids is 1. The Balaban J connectivity index is 1.87. The Morgan fingerprint density at radius 3 is 2.74 bits per heavy atom. The molecule has 0 spiro atoms. The lowest BCUT2D eigenvalue weighted by Crippen LogP contribution is -2.27. The van der Waals surface area contributed by atoms with Crippen LogP contribution in [-0.4, -0.2) is 5.97 Å². The second-order valence-corrected chi connectivity index (χ2v) is 5.37. The Hall–Kier alpha value is -1.57. The van der Waals surface area contributed by atoms with Crippen molar-refractivity contribution in [3.63, 3.8) is 0 Å². The van der Waals surface area contributed by atoms with Crippen molar-refractivity contribution < 1.29 is 9.53 Å². The van der Waals surface area contributed by atoms with E-state index < -0.39 is 0 Å². The van der Waals surface area contributed by atoms with E-state index in [1.807, 2.05) is 30.3 Å². The number of rotatable bonds is 3. The third-order valence-electron chi connectivity index (χ3n) is 3.98. The van der Waals surface area contributed by atoms with Gasteiger partial charge in [0.15, 0.2) is 0 Å². The van der Waals surface area contributed by atoms with E-state index in [0.29, 0.717) is 12.5 Å². The molecule has 2 rings (SSSR count). The minimum absolute atomic E-state index is 0.0356. The van der Waals surface area contributed by atoms with Gasteiger partial charge in [-0.3, -0.25) is 4.79 Å². The van der Waals surface area contributed by atoms with Crippen LogP contribution in [0.15, 0.2) is 42.0 Å². The first-order valence-corrected chi connectivity index (χ1v) is 7.05. The fourth-order valence-corrected chi connectivity index (χ4v) is 2.73. The SMILES string of the molecule is CC=C1CC[C@H](C(=O)OCc2ccccc2)[C@@H](C)C1. The maximum atomic E-state index is 12.1. The first-order chi connectivity index (χ1) is 9.20. The van der Waals surface area contributed by atoms with Crippen molar-refractivity contribution in [3.8, 4) is 0 Å². The molecule has 0 unspecified atom stereocenters. The highest BCUT2D eigenvalue weighted by Crippen LogP contribution is 2.34. The van der Waals surface area contributed by atoms with Crippen LogP contribution in [-0.2, 0) is 16.1 Å². The molecule has 0 saturated heterocycles. The lowest BCUT2D eigenvalue weighted by atomic mass is 9.78. The highest BCUT2D eigenvalue weighted by molar-refractivity contribution is 5.73. The summed E-state index contributed by atoms with van der Waals surface area (Å²) in [6.07, 6.45) is 5.17. The predicted molar refractivity (Wildman–Crippen MR) is 76.5 cm³/mol. The Kier molecular flexibility index (Phi) is 4.78. The van der Waals surface area contributed by atoms with Crippen LogP contribution in [0.5, 0.6) is 0 Å². The maximum absolute atomic E-state index is 12.1. The zero-order chi connectivity index (χ0) is 13.7. The molecule has 0 amide bonds. The van der Waals surface area contributed by atoms with Crippen molar-refractivity contribution in [2.75, 3.05) is 0 Å². The van der Waals surface area contributed by atoms with E-state index in [4.69, 9.17) is 4.74 Å². The Labute approximate surface area is 115 Å². The molecule has 1 aliphatic carbocycles. The highest BCUT2D eigenvalue weighted by atomic mass is 16.5. The van der Waals surface area contributed by atoms with E-state index in [1.165, 1.54) is 5.57 Å². The number of hydrogen-bond donors (Lipinski definition) is 0. The summed E-state index contributed by atoms with van der Waals surface area (Å²) in [5.41, 5.74) is 2.52. The number of hydrogen-bond acceptors (Lipinski definition) is 2. The molecule has 0 aliphatic heterocycles. The van der Waals surface area contributed by atoms with Crippen LogP contribution in [0, 0.1) is 11.8 Å². The molecule has 1 saturated carbocycles. The first-order valence-electron chi connectivity index (χ1n) is 7.05. The molecule has 2 heteroatoms. The summed E-state index contributed by atoms with van der Waals surface area (Å²) in [4.78, 5) is 12.1. The summed E-state index contributed by atoms with van der Waals surface area (Å²) in [6.45, 7) is 4.62. The van der Waals surface area contributed by atoms with Crippen LogP contribution in [0.4, 0.5) is 0 Å². The fraction of sp³-hybridized carbons (Fsp3) is 0.471. The topological polar surface area (TPSA) is 26.3 Å². The molecule has 0 radical (unpaired) electrons. The van der Waals surface area contributed by atoms with Gasteiger partial charge in [0.2, 0.25) is 0 Å². The second-order valence-electron chi connectivity index (χ2n) is 5.37. The Bertz CT molecular complexity index is 448. The molecule has 1 aromatic rings. The Morgan fingerprint density at radius 1 is 1.37 bits per heavy atom. The van der Waals surface area contributed by atoms with Crippen LogP contribution >= 0.6 is 0 Å². The van der Waals surface area contributed by atoms with Crippen molar-refractivity contribution in [1.29, 1.82) is 0 Å². The van der Waals surface area contributed by atoms with E-state index in [1.54, 1.807) is 0 Å². The molecule has 19 heavy (non-hydrogen) atoms. The minimum Gasteiger partial charge on any atom is -0.461 e. The maximum Gasteiger partial charge on any atom is 0.309 e. The lowest BCUT2D eigenvalue weighted by molar-refractivity contribution is -0.152. The van der Waals surface area contributed by atoms with Crippen molar-refractivity contribution >= 4 is 5.97 Å². The van der Waals surface area contributed by atoms with Gasteiger partial charge in [-0.1, -0.05) is 48.9 Å². The quantitative estimate of drug-likeness (QED) is 0.602. The molecule has 102 valence electrons. The summed E-state index contributed by atoms with van der Waals surface area (Å²) in [7, 11) is 0. The molecule has 0 heterocycles. The standard InChI is InChI=1S/C17H22O2/c1-3-14-9-10-16(13(2)11-14)17(18)19-12-15-7-5-4-6-8-15/h3-8,13,16H,9-12H2,1-2H3/t13-,16-/m0/s1. The summed E-state index contributed by atoms with van der Waals surface area (Å²) >= 11 is 0. The first kappa shape index (κ1) is 13.9. The number of benzene rings is 1. The Morgan fingerprint density at radius 2 is 2.11 bits per heavy atom. The van der Waals surface area contributed by atoms with Crippen molar-refractivity contribution in [1.82, 2.24) is 0 Å². The molecule has 0 aromatic heterocycles. The summed E-state index contributed by atoms with van der Waals surface area (Å²) in [5, 5.41) is 0. The average molecular weight is 258 g/mol. The van der Waals surface area contributed by atoms with Gasteiger partial charge < -0.3 is 4.74 Å². The third-order valence-corrected chi connectivity index (χ3v) is 3.98. The fourth-order valence-electron chi connectivity index (χ4n) is 2.73. The average Bonchev–Trinajstić information content (AvgIpc) is 2.45. The van der Waals surface area contributed by atoms with E-state index in [0.717, 1.165) is 24.8 Å². The normalized spacial score (nSPS) is 25.3. The molecule has 1 fully saturated rings. The van der Waals surface area contributed by atoms with Gasteiger partial charge >= 0.3 is 5.97 Å². The number of carbonyl (C=O) groups is 1. The van der Waals surface area contributed by atoms with E-state index in [9.17, 15) is 4.79 Å². The lowest BCUT2D eigenvalue weighted by Gasteiger charge is -2.28. The van der Waals surface area contributed by atoms with Crippen LogP contribution in [0.2, 0.25) is 0 Å². The number of esters is 1. The van der Waals surface area contributed by atoms with Crippen LogP contribution in [0.25, 0.3) is 0 Å². The molecule has 0 N–H and O–H groups in total. The zero-order valence-corrected chi connectivity index (χ0v) is 11.8. The molecule has 0 bridgehead atoms. The molecular weight excluding hydrogens is 236 g/mol. The number of ether oxygens (including phenoxy) is 1. The molecule has 2 nitrogen and oxygen atoms in total. The van der Waals surface area contributed by atoms with Crippen LogP contribution in [0.1, 0.15) is 38.7 Å². The van der Waals surface area contributed by atoms with Gasteiger partial charge in [0.05, 0.1) is 5.92 Å². The van der Waals surface area contributed by atoms with Gasteiger partial charge in [0.1, 0.15) is 6.61 Å². The highest BCUT2D eigenvalue weighted by Gasteiger charge is 2.30. The molecule has 1 aromatic carbocycles. The van der Waals surface area contributed by atoms with Crippen molar-refractivity contribution in [2.45, 2.75) is 39.7 Å². The second kappa shape index (κ2) is 6.55. The van der Waals surface area contributed by atoms with E-state index in [-0.39, 0.29) is 11.9 Å². The van der Waals surface area contributed by atoms with Gasteiger partial charge in [-0.25, -0.2) is 0 Å². The third kappa shape index (κ3) is 3.69. The van der Waals surface area contributed by atoms with Crippen LogP contribution < -0.4 is 0 Å². The van der Waals surface area contributed by atoms with Crippen molar-refractivity contribution in [3.05, 3.63) is 47.5 Å². The van der Waals surface area contributed by atoms with E-state index in [2.05, 4.69) is 19.9 Å². The molecule has 1 aliphatic rings. The van der Waals surface area contributed by atoms with E-state index >= 15 is 0 Å². The smallest absolute Gasteiger partial charge is 0.309 e. The number of allylic oxidation sites excluding steroid dienone is 2. The van der Waals surface area contributed by atoms with Gasteiger partial charge in [-0.05, 0) is 37.7 Å². The predicted octanol–water partition coefficient (Wildman–Crippen LogP) is 4.11. The van der Waals surface area contributed by atoms with Crippen molar-refractivity contribution in [2.24, 2.45) is 11.8 Å². The summed E-state index contributed by atoms with van der Waals surface area (Å²) in [5.74, 6) is 0.419. The van der Waals surface area contributed by atoms with Gasteiger partial charge in [0, 0.05) is 0 Å². The monoisotopic (exact) mass is 258 g/mol. The summed E-state index contributed by atoms with van der Waals surface area (Å²) in [6, 6.07) is 9.85. The van der Waals surface area contributed by atoms with Crippen LogP contribution in [0.3, 0.4) is 0 Å². The van der Waals surface area contributed by atoms with Gasteiger partial charge in [0.25, 0.3) is 0 Å².